The highest BCUT2D eigenvalue weighted by atomic mass is 32.2. The number of thioether (sulfide) groups is 1. The average Bonchev–Trinajstić information content (AvgIpc) is 2.60. The summed E-state index contributed by atoms with van der Waals surface area (Å²) in [5.74, 6) is 2.23. The van der Waals surface area contributed by atoms with Gasteiger partial charge in [-0.1, -0.05) is 96.8 Å². The van der Waals surface area contributed by atoms with Crippen molar-refractivity contribution in [3.63, 3.8) is 0 Å². The summed E-state index contributed by atoms with van der Waals surface area (Å²) in [6.45, 7) is 2.29. The lowest BCUT2D eigenvalue weighted by Gasteiger charge is -2.04. The van der Waals surface area contributed by atoms with Gasteiger partial charge in [-0.2, -0.15) is 11.8 Å². The molecule has 1 amide bonds. The Bertz CT molecular complexity index is 271. The smallest absolute Gasteiger partial charge is 0.238 e. The summed E-state index contributed by atoms with van der Waals surface area (Å²) in [5.41, 5.74) is 6.85. The summed E-state index contributed by atoms with van der Waals surface area (Å²) in [7, 11) is 0. The van der Waals surface area contributed by atoms with Crippen LogP contribution in [0.1, 0.15) is 122 Å². The molecule has 1 N–H and O–H groups in total. The van der Waals surface area contributed by atoms with Crippen molar-refractivity contribution < 1.29 is 4.79 Å². The first-order valence-corrected chi connectivity index (χ1v) is 12.2. The van der Waals surface area contributed by atoms with Crippen molar-refractivity contribution in [3.8, 4) is 0 Å². The molecule has 1 radical (unpaired) electrons. The Labute approximate surface area is 162 Å². The molecule has 3 heteroatoms. The van der Waals surface area contributed by atoms with Gasteiger partial charge in [0.25, 0.3) is 0 Å². The third kappa shape index (κ3) is 23.8. The fraction of sp³-hybridized carbons (Fsp3) is 0.955. The van der Waals surface area contributed by atoms with Crippen LogP contribution in [-0.2, 0) is 4.79 Å². The van der Waals surface area contributed by atoms with E-state index in [1.165, 1.54) is 108 Å². The summed E-state index contributed by atoms with van der Waals surface area (Å²) < 4.78 is 0. The lowest BCUT2D eigenvalue weighted by atomic mass is 10.1. The normalized spacial score (nSPS) is 11.1. The topological polar surface area (TPSA) is 40.9 Å². The zero-order chi connectivity index (χ0) is 18.4. The second-order valence-corrected chi connectivity index (χ2v) is 8.67. The predicted molar refractivity (Wildman–Crippen MR) is 114 cm³/mol. The van der Waals surface area contributed by atoms with E-state index >= 15 is 0 Å². The molecule has 0 unspecified atom stereocenters. The minimum atomic E-state index is -0.405. The van der Waals surface area contributed by atoms with Crippen molar-refractivity contribution >= 4 is 17.7 Å². The molecule has 149 valence electrons. The van der Waals surface area contributed by atoms with E-state index in [4.69, 9.17) is 5.73 Å². The molecule has 25 heavy (non-hydrogen) atoms. The fourth-order valence-corrected chi connectivity index (χ4v) is 4.19. The van der Waals surface area contributed by atoms with Gasteiger partial charge >= 0.3 is 0 Å². The molecule has 0 aromatic carbocycles. The molecule has 0 atom stereocenters. The van der Waals surface area contributed by atoms with Gasteiger partial charge in [-0.25, -0.2) is 0 Å². The summed E-state index contributed by atoms with van der Waals surface area (Å²) in [6, 6.07) is 0. The van der Waals surface area contributed by atoms with Gasteiger partial charge in [0.05, 0.1) is 0 Å². The number of nitrogens with one attached hydrogen (secondary N) is 1. The van der Waals surface area contributed by atoms with Crippen LogP contribution in [0.15, 0.2) is 0 Å². The van der Waals surface area contributed by atoms with Crippen molar-refractivity contribution in [2.45, 2.75) is 122 Å². The molecule has 0 aliphatic carbocycles. The van der Waals surface area contributed by atoms with E-state index in [2.05, 4.69) is 18.7 Å². The van der Waals surface area contributed by atoms with Crippen LogP contribution in [0.3, 0.4) is 0 Å². The van der Waals surface area contributed by atoms with Crippen LogP contribution in [0, 0.1) is 0 Å². The van der Waals surface area contributed by atoms with Crippen LogP contribution in [0.25, 0.3) is 0 Å². The Balaban J connectivity index is 2.97. The van der Waals surface area contributed by atoms with Crippen molar-refractivity contribution in [1.82, 2.24) is 5.73 Å². The van der Waals surface area contributed by atoms with Crippen LogP contribution in [0.2, 0.25) is 0 Å². The molecular formula is C22H44NOS. The fourth-order valence-electron chi connectivity index (χ4n) is 3.17. The predicted octanol–water partition coefficient (Wildman–Crippen LogP) is 7.57. The number of hydrogen-bond acceptors (Lipinski definition) is 2. The van der Waals surface area contributed by atoms with Gasteiger partial charge < -0.3 is 0 Å². The largest absolute Gasteiger partial charge is 0.273 e. The Kier molecular flexibility index (Phi) is 21.7. The van der Waals surface area contributed by atoms with E-state index < -0.39 is 5.91 Å². The zero-order valence-electron chi connectivity index (χ0n) is 17.0. The molecule has 0 saturated heterocycles. The maximum atomic E-state index is 10.5. The van der Waals surface area contributed by atoms with E-state index in [0.717, 1.165) is 12.8 Å². The van der Waals surface area contributed by atoms with Crippen LogP contribution < -0.4 is 5.73 Å². The molecule has 0 spiro atoms. The molecule has 0 saturated carbocycles. The van der Waals surface area contributed by atoms with Crippen LogP contribution >= 0.6 is 11.8 Å². The first-order chi connectivity index (χ1) is 12.3. The molecule has 0 aliphatic rings. The summed E-state index contributed by atoms with van der Waals surface area (Å²) in [4.78, 5) is 10.5. The van der Waals surface area contributed by atoms with Crippen LogP contribution in [-0.4, -0.2) is 17.4 Å². The zero-order valence-corrected chi connectivity index (χ0v) is 17.8. The highest BCUT2D eigenvalue weighted by Gasteiger charge is 1.97. The van der Waals surface area contributed by atoms with Crippen LogP contribution in [0.4, 0.5) is 0 Å². The quantitative estimate of drug-likeness (QED) is 0.195. The van der Waals surface area contributed by atoms with Gasteiger partial charge in [0.1, 0.15) is 0 Å². The molecule has 0 aliphatic heterocycles. The first kappa shape index (κ1) is 24.8. The van der Waals surface area contributed by atoms with E-state index in [0.29, 0.717) is 6.42 Å². The van der Waals surface area contributed by atoms with Crippen molar-refractivity contribution in [3.05, 3.63) is 0 Å². The summed E-state index contributed by atoms with van der Waals surface area (Å²) >= 11 is 2.12. The average molecular weight is 371 g/mol. The number of carbonyl (C=O) groups excluding carboxylic acids is 1. The summed E-state index contributed by atoms with van der Waals surface area (Å²) in [6.07, 6.45) is 23.5. The van der Waals surface area contributed by atoms with Crippen molar-refractivity contribution in [2.75, 3.05) is 11.5 Å². The lowest BCUT2D eigenvalue weighted by molar-refractivity contribution is -0.118. The van der Waals surface area contributed by atoms with Gasteiger partial charge in [0.2, 0.25) is 5.91 Å². The molecule has 0 rings (SSSR count). The molecule has 2 nitrogen and oxygen atoms in total. The van der Waals surface area contributed by atoms with E-state index in [1.807, 2.05) is 0 Å². The standard InChI is InChI=1S/C22H44NOS/c1-2-3-4-5-6-7-8-9-10-11-14-17-20-25-21-18-15-12-13-16-19-22(23)24/h23H,2-21H2,1H3. The molecule has 0 heterocycles. The number of amides is 1. The molecular weight excluding hydrogens is 326 g/mol. The van der Waals surface area contributed by atoms with Crippen molar-refractivity contribution in [2.24, 2.45) is 0 Å². The SMILES string of the molecule is CCCCCCCCCCCCCCSCCCCCCCC([NH])=O. The number of rotatable bonds is 21. The number of unbranched alkanes of at least 4 members (excludes halogenated alkanes) is 15. The minimum absolute atomic E-state index is 0.405. The van der Waals surface area contributed by atoms with Crippen LogP contribution in [0.5, 0.6) is 0 Å². The second-order valence-electron chi connectivity index (χ2n) is 7.44. The molecule has 0 fully saturated rings. The number of carbonyl (C=O) groups is 1. The number of hydrogen-bond donors (Lipinski definition) is 0. The van der Waals surface area contributed by atoms with E-state index in [9.17, 15) is 4.79 Å². The Morgan fingerprint density at radius 2 is 0.960 bits per heavy atom. The summed E-state index contributed by atoms with van der Waals surface area (Å²) in [5, 5.41) is 0. The Hall–Kier alpha value is -0.180. The first-order valence-electron chi connectivity index (χ1n) is 11.1. The minimum Gasteiger partial charge on any atom is -0.273 e. The maximum absolute atomic E-state index is 10.5. The monoisotopic (exact) mass is 370 g/mol. The Morgan fingerprint density at radius 1 is 0.600 bits per heavy atom. The maximum Gasteiger partial charge on any atom is 0.238 e. The highest BCUT2D eigenvalue weighted by Crippen LogP contribution is 2.14. The molecule has 0 bridgehead atoms. The van der Waals surface area contributed by atoms with Gasteiger partial charge in [-0.15, -0.1) is 0 Å². The van der Waals surface area contributed by atoms with Gasteiger partial charge in [-0.3, -0.25) is 10.5 Å². The van der Waals surface area contributed by atoms with Gasteiger partial charge in [-0.05, 0) is 30.8 Å². The Morgan fingerprint density at radius 3 is 1.36 bits per heavy atom. The van der Waals surface area contributed by atoms with Gasteiger partial charge in [0, 0.05) is 6.42 Å². The third-order valence-corrected chi connectivity index (χ3v) is 5.99. The molecule has 0 aromatic rings. The lowest BCUT2D eigenvalue weighted by Crippen LogP contribution is -1.96. The second kappa shape index (κ2) is 21.9. The highest BCUT2D eigenvalue weighted by molar-refractivity contribution is 7.99. The molecule has 0 aromatic heterocycles. The van der Waals surface area contributed by atoms with Gasteiger partial charge in [0.15, 0.2) is 0 Å². The third-order valence-electron chi connectivity index (χ3n) is 4.83. The van der Waals surface area contributed by atoms with E-state index in [1.54, 1.807) is 0 Å². The van der Waals surface area contributed by atoms with Crippen molar-refractivity contribution in [1.29, 1.82) is 0 Å². The van der Waals surface area contributed by atoms with E-state index in [-0.39, 0.29) is 0 Å².